The van der Waals surface area contributed by atoms with E-state index in [0.29, 0.717) is 30.4 Å². The van der Waals surface area contributed by atoms with Crippen molar-refractivity contribution in [2.75, 3.05) is 19.7 Å². The third-order valence-corrected chi connectivity index (χ3v) is 12.1. The Morgan fingerprint density at radius 1 is 0.632 bits per heavy atom. The van der Waals surface area contributed by atoms with Gasteiger partial charge in [0.25, 0.3) is 0 Å². The first-order valence-electron chi connectivity index (χ1n) is 24.4. The number of unbranched alkanes of at least 4 members (excludes halogenated alkanes) is 1. The Morgan fingerprint density at radius 3 is 1.63 bits per heavy atom. The van der Waals surface area contributed by atoms with Crippen LogP contribution >= 0.6 is 0 Å². The van der Waals surface area contributed by atoms with Crippen LogP contribution in [0.2, 0.25) is 0 Å². The van der Waals surface area contributed by atoms with Crippen molar-refractivity contribution in [3.05, 3.63) is 59.7 Å². The van der Waals surface area contributed by atoms with E-state index in [2.05, 4.69) is 37.2 Å². The number of hydrogen-bond acceptors (Lipinski definition) is 17. The second kappa shape index (κ2) is 30.4. The Kier molecular flexibility index (Phi) is 25.0. The largest absolute Gasteiger partial charge is 0.508 e. The van der Waals surface area contributed by atoms with Crippen molar-refractivity contribution in [3.8, 4) is 11.5 Å². The highest BCUT2D eigenvalue weighted by molar-refractivity contribution is 5.99. The Balaban J connectivity index is 1.79. The lowest BCUT2D eigenvalue weighted by Gasteiger charge is -2.30. The van der Waals surface area contributed by atoms with Crippen LogP contribution in [0.15, 0.2) is 48.5 Å². The number of nitrogens with one attached hydrogen (secondary N) is 7. The van der Waals surface area contributed by atoms with Crippen LogP contribution in [0.5, 0.6) is 11.5 Å². The van der Waals surface area contributed by atoms with Crippen LogP contribution in [-0.2, 0) is 65.6 Å². The van der Waals surface area contributed by atoms with Crippen molar-refractivity contribution in [2.45, 2.75) is 139 Å². The lowest BCUT2D eigenvalue weighted by molar-refractivity contribution is -0.145. The SMILES string of the molecule is C[C@H](NC(=O)[C@H](CO)NC(=O)[C@H](CC(N)=O)NC(=O)[C@H](Cc1ccc(O)cc1)NC(=O)[C@H](CCCCN)NC(=O)[C@@H](N)CCC(N)=O)C(=O)N1CCC[C@H]1C(=O)N[C@@H](Cc1ccc(O)cc1)C(=O)N[C@H](C(=O)O)[C@@H](C)O. The van der Waals surface area contributed by atoms with E-state index >= 15 is 0 Å². The zero-order valence-electron chi connectivity index (χ0n) is 42.1. The quantitative estimate of drug-likeness (QED) is 0.0313. The molecule has 3 rings (SSSR count). The molecule has 1 fully saturated rings. The highest BCUT2D eigenvalue weighted by Crippen LogP contribution is 2.20. The molecular formula is C48H70N12O16. The van der Waals surface area contributed by atoms with Gasteiger partial charge in [-0.05, 0) is 94.3 Å². The molecule has 0 aromatic heterocycles. The lowest BCUT2D eigenvalue weighted by Crippen LogP contribution is -2.61. The number of aromatic hydroxyl groups is 2. The molecule has 0 unspecified atom stereocenters. The van der Waals surface area contributed by atoms with Gasteiger partial charge in [0.2, 0.25) is 59.1 Å². The zero-order chi connectivity index (χ0) is 56.8. The van der Waals surface area contributed by atoms with Crippen molar-refractivity contribution >= 4 is 65.0 Å². The number of nitrogens with two attached hydrogens (primary N) is 4. The first-order chi connectivity index (χ1) is 35.8. The van der Waals surface area contributed by atoms with Gasteiger partial charge in [0.05, 0.1) is 25.2 Å². The van der Waals surface area contributed by atoms with Crippen LogP contribution in [0.1, 0.15) is 76.3 Å². The second-order valence-corrected chi connectivity index (χ2v) is 18.3. The van der Waals surface area contributed by atoms with E-state index in [1.165, 1.54) is 55.5 Å². The van der Waals surface area contributed by atoms with Crippen molar-refractivity contribution in [1.29, 1.82) is 0 Å². The number of aliphatic hydroxyl groups excluding tert-OH is 2. The van der Waals surface area contributed by atoms with Gasteiger partial charge in [-0.3, -0.25) is 47.9 Å². The van der Waals surface area contributed by atoms with E-state index in [9.17, 15) is 78.3 Å². The minimum absolute atomic E-state index is 0.00801. The van der Waals surface area contributed by atoms with E-state index in [1.54, 1.807) is 0 Å². The minimum Gasteiger partial charge on any atom is -0.508 e. The molecule has 2 aromatic rings. The summed E-state index contributed by atoms with van der Waals surface area (Å²) >= 11 is 0. The molecule has 76 heavy (non-hydrogen) atoms. The molecule has 10 atom stereocenters. The number of phenolic OH excluding ortho intramolecular Hbond substituents is 2. The normalized spacial score (nSPS) is 16.6. The van der Waals surface area contributed by atoms with Crippen LogP contribution < -0.4 is 60.2 Å². The number of phenols is 2. The van der Waals surface area contributed by atoms with Crippen molar-refractivity contribution in [2.24, 2.45) is 22.9 Å². The number of likely N-dealkylation sites (tertiary alicyclic amines) is 1. The van der Waals surface area contributed by atoms with Crippen LogP contribution in [-0.4, -0.2) is 176 Å². The summed E-state index contributed by atoms with van der Waals surface area (Å²) in [6.45, 7) is 1.55. The van der Waals surface area contributed by atoms with Gasteiger partial charge in [-0.25, -0.2) is 4.79 Å². The Labute approximate surface area is 436 Å². The number of aliphatic carboxylic acids is 1. The maximum atomic E-state index is 14.1. The first kappa shape index (κ1) is 62.3. The summed E-state index contributed by atoms with van der Waals surface area (Å²) in [5, 5.41) is 66.0. The van der Waals surface area contributed by atoms with Gasteiger partial charge in [-0.2, -0.15) is 0 Å². The number of carbonyl (C=O) groups is 11. The van der Waals surface area contributed by atoms with Gasteiger partial charge < -0.3 is 90.6 Å². The van der Waals surface area contributed by atoms with E-state index in [0.717, 1.165) is 11.8 Å². The van der Waals surface area contributed by atoms with Gasteiger partial charge in [0.1, 0.15) is 53.8 Å². The number of aliphatic hydroxyl groups is 2. The fraction of sp³-hybridized carbons (Fsp3) is 0.521. The molecule has 1 aliphatic rings. The standard InChI is InChI=1S/C48H70N12O16/c1-24(47(74)60-19-5-7-36(60)46(73)57-33(21-27-10-14-29(64)15-11-27)44(71)59-39(25(2)62)48(75)76)53-45(72)35(23-61)58-43(70)34(22-38(52)66)56-42(69)32(20-26-8-12-28(63)13-9-26)55-41(68)31(6-3-4-18-49)54-40(67)30(50)16-17-37(51)65/h8-15,24-25,30-36,39,61-64H,3-7,16-23,49-50H2,1-2H3,(H2,51,65)(H2,52,66)(H,53,72)(H,54,67)(H,55,68)(H,56,69)(H,57,73)(H,58,70)(H,59,71)(H,75,76)/t24-,25+,30-,31-,32-,33-,34-,35-,36-,39-/m0/s1. The molecule has 0 radical (unpaired) electrons. The van der Waals surface area contributed by atoms with Gasteiger partial charge in [0.15, 0.2) is 6.04 Å². The van der Waals surface area contributed by atoms with Crippen LogP contribution in [0.3, 0.4) is 0 Å². The molecule has 2 aromatic carbocycles. The van der Waals surface area contributed by atoms with Crippen LogP contribution in [0.25, 0.3) is 0 Å². The molecular weight excluding hydrogens is 1000 g/mol. The molecule has 20 N–H and O–H groups in total. The number of carboxylic acid groups (broad SMARTS) is 1. The monoisotopic (exact) mass is 1070 g/mol. The lowest BCUT2D eigenvalue weighted by atomic mass is 10.0. The number of amides is 10. The molecule has 28 nitrogen and oxygen atoms in total. The summed E-state index contributed by atoms with van der Waals surface area (Å²) in [5.74, 6) is -11.3. The summed E-state index contributed by atoms with van der Waals surface area (Å²) in [4.78, 5) is 146. The maximum absolute atomic E-state index is 14.1. The Hall–Kier alpha value is -7.95. The molecule has 10 amide bonds. The van der Waals surface area contributed by atoms with Gasteiger partial charge in [-0.1, -0.05) is 24.3 Å². The minimum atomic E-state index is -1.85. The van der Waals surface area contributed by atoms with Crippen molar-refractivity contribution in [1.82, 2.24) is 42.1 Å². The average molecular weight is 1070 g/mol. The average Bonchev–Trinajstić information content (AvgIpc) is 3.86. The van der Waals surface area contributed by atoms with Gasteiger partial charge >= 0.3 is 5.97 Å². The molecule has 1 heterocycles. The fourth-order valence-electron chi connectivity index (χ4n) is 7.88. The molecule has 0 aliphatic carbocycles. The van der Waals surface area contributed by atoms with Gasteiger partial charge in [-0.15, -0.1) is 0 Å². The molecule has 28 heteroatoms. The summed E-state index contributed by atoms with van der Waals surface area (Å²) < 4.78 is 0. The molecule has 0 bridgehead atoms. The van der Waals surface area contributed by atoms with E-state index in [1.807, 2.05) is 0 Å². The Morgan fingerprint density at radius 2 is 1.12 bits per heavy atom. The van der Waals surface area contributed by atoms with Gasteiger partial charge in [0, 0.05) is 25.8 Å². The number of rotatable bonds is 31. The third-order valence-electron chi connectivity index (χ3n) is 12.1. The number of carboxylic acids is 1. The smallest absolute Gasteiger partial charge is 0.328 e. The second-order valence-electron chi connectivity index (χ2n) is 18.3. The number of nitrogens with zero attached hydrogens (tertiary/aromatic N) is 1. The number of benzene rings is 2. The molecule has 1 saturated heterocycles. The summed E-state index contributed by atoms with van der Waals surface area (Å²) in [6, 6.07) is -2.55. The molecule has 418 valence electrons. The van der Waals surface area contributed by atoms with Crippen LogP contribution in [0.4, 0.5) is 0 Å². The first-order valence-corrected chi connectivity index (χ1v) is 24.4. The summed E-state index contributed by atoms with van der Waals surface area (Å²) in [7, 11) is 0. The zero-order valence-corrected chi connectivity index (χ0v) is 42.1. The van der Waals surface area contributed by atoms with E-state index < -0.39 is 139 Å². The fourth-order valence-corrected chi connectivity index (χ4v) is 7.88. The predicted molar refractivity (Wildman–Crippen MR) is 267 cm³/mol. The molecule has 1 aliphatic heterocycles. The summed E-state index contributed by atoms with van der Waals surface area (Å²) in [5.41, 5.74) is 23.0. The number of hydrogen-bond donors (Lipinski definition) is 16. The van der Waals surface area contributed by atoms with Crippen molar-refractivity contribution in [3.63, 3.8) is 0 Å². The Bertz CT molecular complexity index is 2370. The van der Waals surface area contributed by atoms with E-state index in [4.69, 9.17) is 22.9 Å². The molecule has 0 saturated carbocycles. The highest BCUT2D eigenvalue weighted by Gasteiger charge is 2.40. The molecule has 0 spiro atoms. The highest BCUT2D eigenvalue weighted by atomic mass is 16.4. The maximum Gasteiger partial charge on any atom is 0.328 e. The van der Waals surface area contributed by atoms with Crippen molar-refractivity contribution < 1.29 is 78.3 Å². The van der Waals surface area contributed by atoms with Crippen LogP contribution in [0, 0.1) is 0 Å². The third kappa shape index (κ3) is 20.1. The number of primary amides is 2. The van der Waals surface area contributed by atoms with E-state index in [-0.39, 0.29) is 63.1 Å². The predicted octanol–water partition coefficient (Wildman–Crippen LogP) is -5.66. The topological polar surface area (TPSA) is 480 Å². The number of carbonyl (C=O) groups excluding carboxylic acids is 10. The summed E-state index contributed by atoms with van der Waals surface area (Å²) in [6.07, 6.45) is -2.06.